The summed E-state index contributed by atoms with van der Waals surface area (Å²) in [6.07, 6.45) is -4.53. The van der Waals surface area contributed by atoms with Crippen LogP contribution in [0.4, 0.5) is 24.5 Å². The van der Waals surface area contributed by atoms with Crippen molar-refractivity contribution >= 4 is 17.3 Å². The SMILES string of the molecule is CCC(CNc1ccc([N+](=O)[O-])cc1C(F)(F)F)C(=O)O. The van der Waals surface area contributed by atoms with Gasteiger partial charge >= 0.3 is 12.1 Å². The number of anilines is 1. The summed E-state index contributed by atoms with van der Waals surface area (Å²) >= 11 is 0. The van der Waals surface area contributed by atoms with Crippen molar-refractivity contribution in [1.82, 2.24) is 0 Å². The Morgan fingerprint density at radius 3 is 2.52 bits per heavy atom. The molecule has 0 aliphatic heterocycles. The van der Waals surface area contributed by atoms with Gasteiger partial charge in [-0.05, 0) is 12.5 Å². The molecular weight excluding hydrogens is 293 g/mol. The number of hydrogen-bond acceptors (Lipinski definition) is 4. The molecule has 1 rings (SSSR count). The molecule has 0 spiro atoms. The topological polar surface area (TPSA) is 92.5 Å². The number of carboxylic acid groups (broad SMARTS) is 1. The second-order valence-corrected chi connectivity index (χ2v) is 4.31. The van der Waals surface area contributed by atoms with Gasteiger partial charge in [0.1, 0.15) is 0 Å². The number of hydrogen-bond donors (Lipinski definition) is 2. The highest BCUT2D eigenvalue weighted by atomic mass is 19.4. The summed E-state index contributed by atoms with van der Waals surface area (Å²) in [7, 11) is 0. The van der Waals surface area contributed by atoms with Crippen molar-refractivity contribution in [3.05, 3.63) is 33.9 Å². The lowest BCUT2D eigenvalue weighted by Crippen LogP contribution is -2.23. The summed E-state index contributed by atoms with van der Waals surface area (Å²) in [6, 6.07) is 2.28. The van der Waals surface area contributed by atoms with E-state index in [9.17, 15) is 28.1 Å². The van der Waals surface area contributed by atoms with Crippen molar-refractivity contribution in [2.45, 2.75) is 19.5 Å². The third-order valence-electron chi connectivity index (χ3n) is 2.90. The molecule has 0 aliphatic rings. The Morgan fingerprint density at radius 1 is 1.48 bits per heavy atom. The molecule has 1 aromatic carbocycles. The first-order valence-electron chi connectivity index (χ1n) is 5.99. The fourth-order valence-corrected chi connectivity index (χ4v) is 1.67. The van der Waals surface area contributed by atoms with E-state index in [1.54, 1.807) is 6.92 Å². The number of nitro groups is 1. The Morgan fingerprint density at radius 2 is 2.10 bits per heavy atom. The monoisotopic (exact) mass is 306 g/mol. The molecular formula is C12H13F3N2O4. The van der Waals surface area contributed by atoms with Gasteiger partial charge < -0.3 is 10.4 Å². The molecule has 9 heteroatoms. The van der Waals surface area contributed by atoms with Crippen LogP contribution in [0.15, 0.2) is 18.2 Å². The minimum absolute atomic E-state index is 0.202. The van der Waals surface area contributed by atoms with Crippen molar-refractivity contribution in [3.8, 4) is 0 Å². The van der Waals surface area contributed by atoms with Crippen LogP contribution in [0.3, 0.4) is 0 Å². The van der Waals surface area contributed by atoms with E-state index in [4.69, 9.17) is 5.11 Å². The van der Waals surface area contributed by atoms with E-state index in [2.05, 4.69) is 5.32 Å². The summed E-state index contributed by atoms with van der Waals surface area (Å²) in [4.78, 5) is 20.4. The van der Waals surface area contributed by atoms with E-state index in [0.29, 0.717) is 6.07 Å². The average Bonchev–Trinajstić information content (AvgIpc) is 2.37. The zero-order chi connectivity index (χ0) is 16.2. The van der Waals surface area contributed by atoms with Crippen molar-refractivity contribution in [2.75, 3.05) is 11.9 Å². The summed E-state index contributed by atoms with van der Waals surface area (Å²) in [5.74, 6) is -1.97. The van der Waals surface area contributed by atoms with Crippen molar-refractivity contribution in [3.63, 3.8) is 0 Å². The molecule has 1 atom stereocenters. The maximum Gasteiger partial charge on any atom is 0.418 e. The largest absolute Gasteiger partial charge is 0.481 e. The fraction of sp³-hybridized carbons (Fsp3) is 0.417. The third-order valence-corrected chi connectivity index (χ3v) is 2.90. The van der Waals surface area contributed by atoms with Gasteiger partial charge in [0.2, 0.25) is 0 Å². The van der Waals surface area contributed by atoms with E-state index >= 15 is 0 Å². The predicted molar refractivity (Wildman–Crippen MR) is 68.0 cm³/mol. The number of nitrogens with zero attached hydrogens (tertiary/aromatic N) is 1. The normalized spacial score (nSPS) is 12.8. The van der Waals surface area contributed by atoms with Crippen molar-refractivity contribution in [1.29, 1.82) is 0 Å². The molecule has 0 saturated carbocycles. The average molecular weight is 306 g/mol. The molecule has 0 heterocycles. The van der Waals surface area contributed by atoms with Crippen molar-refractivity contribution in [2.24, 2.45) is 5.92 Å². The molecule has 0 bridgehead atoms. The minimum atomic E-state index is -4.78. The number of alkyl halides is 3. The fourth-order valence-electron chi connectivity index (χ4n) is 1.67. The van der Waals surface area contributed by atoms with Gasteiger partial charge in [0.05, 0.1) is 16.4 Å². The van der Waals surface area contributed by atoms with Gasteiger partial charge in [0, 0.05) is 24.4 Å². The van der Waals surface area contributed by atoms with Crippen LogP contribution in [-0.4, -0.2) is 22.5 Å². The van der Waals surface area contributed by atoms with E-state index < -0.39 is 34.2 Å². The standard InChI is InChI=1S/C12H13F3N2O4/c1-2-7(11(18)19)6-16-10-4-3-8(17(20)21)5-9(10)12(13,14)15/h3-5,7,16H,2,6H2,1H3,(H,18,19). The predicted octanol–water partition coefficient (Wildman–Crippen LogP) is 3.14. The van der Waals surface area contributed by atoms with Crippen LogP contribution in [0.25, 0.3) is 0 Å². The molecule has 1 unspecified atom stereocenters. The maximum absolute atomic E-state index is 12.9. The molecule has 21 heavy (non-hydrogen) atoms. The molecule has 116 valence electrons. The second-order valence-electron chi connectivity index (χ2n) is 4.31. The van der Waals surface area contributed by atoms with E-state index in [-0.39, 0.29) is 18.7 Å². The molecule has 0 amide bonds. The van der Waals surface area contributed by atoms with Crippen LogP contribution in [0.1, 0.15) is 18.9 Å². The highest BCUT2D eigenvalue weighted by molar-refractivity contribution is 5.71. The first-order chi connectivity index (χ1) is 9.66. The highest BCUT2D eigenvalue weighted by Crippen LogP contribution is 2.37. The molecule has 0 radical (unpaired) electrons. The molecule has 1 aromatic rings. The number of halogens is 3. The second kappa shape index (κ2) is 6.42. The third kappa shape index (κ3) is 4.33. The molecule has 0 saturated heterocycles. The van der Waals surface area contributed by atoms with Crippen LogP contribution in [-0.2, 0) is 11.0 Å². The number of nitrogens with one attached hydrogen (secondary N) is 1. The Balaban J connectivity index is 3.06. The lowest BCUT2D eigenvalue weighted by atomic mass is 10.1. The number of nitro benzene ring substituents is 1. The van der Waals surface area contributed by atoms with Gasteiger partial charge in [-0.2, -0.15) is 13.2 Å². The van der Waals surface area contributed by atoms with Crippen LogP contribution in [0.2, 0.25) is 0 Å². The van der Waals surface area contributed by atoms with Crippen LogP contribution in [0.5, 0.6) is 0 Å². The van der Waals surface area contributed by atoms with Crippen LogP contribution >= 0.6 is 0 Å². The summed E-state index contributed by atoms with van der Waals surface area (Å²) < 4.78 is 38.6. The number of rotatable bonds is 6. The first-order valence-corrected chi connectivity index (χ1v) is 5.99. The lowest BCUT2D eigenvalue weighted by molar-refractivity contribution is -0.385. The van der Waals surface area contributed by atoms with E-state index in [1.807, 2.05) is 0 Å². The highest BCUT2D eigenvalue weighted by Gasteiger charge is 2.35. The lowest BCUT2D eigenvalue weighted by Gasteiger charge is -2.16. The van der Waals surface area contributed by atoms with Crippen LogP contribution < -0.4 is 5.32 Å². The zero-order valence-corrected chi connectivity index (χ0v) is 11.0. The summed E-state index contributed by atoms with van der Waals surface area (Å²) in [5.41, 5.74) is -2.26. The number of carboxylic acids is 1. The Labute approximate surface area is 117 Å². The first kappa shape index (κ1) is 16.7. The summed E-state index contributed by atoms with van der Waals surface area (Å²) in [5, 5.41) is 21.8. The minimum Gasteiger partial charge on any atom is -0.481 e. The number of aliphatic carboxylic acids is 1. The molecule has 0 aliphatic carbocycles. The zero-order valence-electron chi connectivity index (χ0n) is 11.0. The number of benzene rings is 1. The molecule has 2 N–H and O–H groups in total. The number of carbonyl (C=O) groups is 1. The van der Waals surface area contributed by atoms with E-state index in [0.717, 1.165) is 12.1 Å². The van der Waals surface area contributed by atoms with Gasteiger partial charge in [0.15, 0.2) is 0 Å². The van der Waals surface area contributed by atoms with Gasteiger partial charge in [-0.25, -0.2) is 0 Å². The van der Waals surface area contributed by atoms with Crippen LogP contribution in [0, 0.1) is 16.0 Å². The van der Waals surface area contributed by atoms with Gasteiger partial charge in [-0.1, -0.05) is 6.92 Å². The quantitative estimate of drug-likeness (QED) is 0.622. The Hall–Kier alpha value is -2.32. The van der Waals surface area contributed by atoms with Gasteiger partial charge in [0.25, 0.3) is 5.69 Å². The Bertz CT molecular complexity index is 546. The summed E-state index contributed by atoms with van der Waals surface area (Å²) in [6.45, 7) is 1.40. The molecule has 6 nitrogen and oxygen atoms in total. The molecule has 0 aromatic heterocycles. The number of non-ortho nitro benzene ring substituents is 1. The van der Waals surface area contributed by atoms with Crippen molar-refractivity contribution < 1.29 is 28.0 Å². The Kier molecular flexibility index (Phi) is 5.12. The molecule has 0 fully saturated rings. The maximum atomic E-state index is 12.9. The van der Waals surface area contributed by atoms with E-state index in [1.165, 1.54) is 0 Å². The van der Waals surface area contributed by atoms with Gasteiger partial charge in [-0.3, -0.25) is 14.9 Å². The van der Waals surface area contributed by atoms with Gasteiger partial charge in [-0.15, -0.1) is 0 Å². The smallest absolute Gasteiger partial charge is 0.418 e.